The largest absolute Gasteiger partial charge is 0.483 e. The molecule has 8 nitrogen and oxygen atoms in total. The number of likely N-dealkylation sites (tertiary alicyclic amines) is 1. The van der Waals surface area contributed by atoms with Crippen LogP contribution in [0.1, 0.15) is 37.7 Å². The number of rotatable bonds is 5. The van der Waals surface area contributed by atoms with Crippen LogP contribution in [0.2, 0.25) is 0 Å². The Hall–Kier alpha value is -2.45. The van der Waals surface area contributed by atoms with Crippen LogP contribution >= 0.6 is 0 Å². The predicted molar refractivity (Wildman–Crippen MR) is 114 cm³/mol. The van der Waals surface area contributed by atoms with Gasteiger partial charge in [-0.3, -0.25) is 14.4 Å². The van der Waals surface area contributed by atoms with Gasteiger partial charge in [0.25, 0.3) is 6.47 Å². The summed E-state index contributed by atoms with van der Waals surface area (Å²) in [4.78, 5) is 37.5. The molecule has 166 valence electrons. The summed E-state index contributed by atoms with van der Waals surface area (Å²) in [5.74, 6) is -0.377. The molecule has 30 heavy (non-hydrogen) atoms. The second-order valence-corrected chi connectivity index (χ2v) is 7.75. The molecule has 0 saturated carbocycles. The fourth-order valence-electron chi connectivity index (χ4n) is 3.84. The van der Waals surface area contributed by atoms with E-state index >= 15 is 0 Å². The second-order valence-electron chi connectivity index (χ2n) is 7.75. The molecule has 0 bridgehead atoms. The van der Waals surface area contributed by atoms with Crippen molar-refractivity contribution in [2.24, 2.45) is 0 Å². The molecule has 2 amide bonds. The summed E-state index contributed by atoms with van der Waals surface area (Å²) in [5.41, 5.74) is 1.80. The van der Waals surface area contributed by atoms with Crippen molar-refractivity contribution in [1.82, 2.24) is 9.80 Å². The molecule has 1 aromatic carbocycles. The zero-order valence-corrected chi connectivity index (χ0v) is 17.7. The smallest absolute Gasteiger partial charge is 0.290 e. The van der Waals surface area contributed by atoms with Gasteiger partial charge in [0, 0.05) is 31.9 Å². The van der Waals surface area contributed by atoms with E-state index in [-0.39, 0.29) is 30.8 Å². The molecule has 0 aromatic heterocycles. The number of piperidine rings is 1. The highest BCUT2D eigenvalue weighted by Gasteiger charge is 2.26. The first kappa shape index (κ1) is 23.8. The van der Waals surface area contributed by atoms with E-state index in [1.165, 1.54) is 19.3 Å². The zero-order valence-electron chi connectivity index (χ0n) is 17.7. The normalized spacial score (nSPS) is 19.8. The number of carbonyl (C=O) groups is 3. The molecule has 2 aliphatic heterocycles. The lowest BCUT2D eigenvalue weighted by molar-refractivity contribution is -0.135. The van der Waals surface area contributed by atoms with Crippen LogP contribution in [0.4, 0.5) is 5.69 Å². The van der Waals surface area contributed by atoms with Gasteiger partial charge < -0.3 is 25.0 Å². The van der Waals surface area contributed by atoms with Crippen LogP contribution in [0.25, 0.3) is 0 Å². The molecule has 0 aliphatic carbocycles. The Bertz CT molecular complexity index is 691. The van der Waals surface area contributed by atoms with Crippen molar-refractivity contribution >= 4 is 24.0 Å². The molecule has 8 heteroatoms. The predicted octanol–water partition coefficient (Wildman–Crippen LogP) is 2.13. The van der Waals surface area contributed by atoms with Gasteiger partial charge in [-0.15, -0.1) is 0 Å². The highest BCUT2D eigenvalue weighted by molar-refractivity contribution is 6.03. The van der Waals surface area contributed by atoms with Gasteiger partial charge in [-0.25, -0.2) is 0 Å². The number of anilines is 1. The van der Waals surface area contributed by atoms with Gasteiger partial charge in [0.2, 0.25) is 11.8 Å². The Labute approximate surface area is 178 Å². The first-order valence-electron chi connectivity index (χ1n) is 10.6. The fraction of sp³-hybridized carbons (Fsp3) is 0.591. The molecular weight excluding hydrogens is 386 g/mol. The maximum atomic E-state index is 12.7. The molecule has 0 radical (unpaired) electrons. The summed E-state index contributed by atoms with van der Waals surface area (Å²) >= 11 is 0. The van der Waals surface area contributed by atoms with Gasteiger partial charge in [0.05, 0.1) is 6.10 Å². The van der Waals surface area contributed by atoms with Crippen LogP contribution in [-0.4, -0.2) is 78.6 Å². The lowest BCUT2D eigenvalue weighted by Crippen LogP contribution is -2.44. The third-order valence-corrected chi connectivity index (χ3v) is 5.23. The van der Waals surface area contributed by atoms with Crippen molar-refractivity contribution < 1.29 is 24.2 Å². The van der Waals surface area contributed by atoms with Crippen LogP contribution in [-0.2, 0) is 19.1 Å². The monoisotopic (exact) mass is 419 g/mol. The molecule has 2 N–H and O–H groups in total. The van der Waals surface area contributed by atoms with E-state index in [0.29, 0.717) is 19.7 Å². The minimum absolute atomic E-state index is 0.0365. The van der Waals surface area contributed by atoms with E-state index in [9.17, 15) is 9.59 Å². The summed E-state index contributed by atoms with van der Waals surface area (Å²) in [6.07, 6.45) is 4.53. The summed E-state index contributed by atoms with van der Waals surface area (Å²) in [5, 5.41) is 9.71. The van der Waals surface area contributed by atoms with Gasteiger partial charge in [0.1, 0.15) is 6.42 Å². The van der Waals surface area contributed by atoms with Gasteiger partial charge >= 0.3 is 0 Å². The van der Waals surface area contributed by atoms with E-state index in [1.54, 1.807) is 4.90 Å². The standard InChI is InChI=1S/C21H31N3O3.CH2O2/c1-17-7-5-8-18(13-17)22-20(25)14-21(26)24-11-6-12-27-19(16-24)15-23-9-3-2-4-10-23;2-1-3/h5,7-8,13,19H,2-4,6,9-12,14-16H2,1H3,(H,22,25);1H,(H,2,3). The Balaban J connectivity index is 0.00000101. The molecule has 2 aliphatic rings. The van der Waals surface area contributed by atoms with Crippen molar-refractivity contribution in [2.45, 2.75) is 45.1 Å². The summed E-state index contributed by atoms with van der Waals surface area (Å²) in [7, 11) is 0. The average Bonchev–Trinajstić information content (AvgIpc) is 2.95. The van der Waals surface area contributed by atoms with Crippen LogP contribution in [0.5, 0.6) is 0 Å². The topological polar surface area (TPSA) is 99.2 Å². The number of hydrogen-bond acceptors (Lipinski definition) is 5. The number of nitrogens with zero attached hydrogens (tertiary/aromatic N) is 2. The molecule has 0 spiro atoms. The van der Waals surface area contributed by atoms with Gasteiger partial charge in [-0.2, -0.15) is 0 Å². The van der Waals surface area contributed by atoms with E-state index in [2.05, 4.69) is 10.2 Å². The van der Waals surface area contributed by atoms with Crippen LogP contribution in [0, 0.1) is 6.92 Å². The van der Waals surface area contributed by atoms with Crippen LogP contribution < -0.4 is 5.32 Å². The SMILES string of the molecule is Cc1cccc(NC(=O)CC(=O)N2CCCOC(CN3CCCCC3)C2)c1.O=CO. The number of amides is 2. The Morgan fingerprint density at radius 3 is 2.63 bits per heavy atom. The fourth-order valence-corrected chi connectivity index (χ4v) is 3.84. The van der Waals surface area contributed by atoms with Crippen LogP contribution in [0.15, 0.2) is 24.3 Å². The maximum absolute atomic E-state index is 12.7. The number of carboxylic acid groups (broad SMARTS) is 1. The van der Waals surface area contributed by atoms with Gasteiger partial charge in [-0.05, 0) is 57.0 Å². The Kier molecular flexibility index (Phi) is 10.3. The van der Waals surface area contributed by atoms with E-state index in [0.717, 1.165) is 37.3 Å². The first-order valence-corrected chi connectivity index (χ1v) is 10.6. The number of benzene rings is 1. The number of ether oxygens (including phenoxy) is 1. The second kappa shape index (κ2) is 13.0. The molecule has 1 aromatic rings. The maximum Gasteiger partial charge on any atom is 0.290 e. The number of hydrogen-bond donors (Lipinski definition) is 2. The molecule has 1 unspecified atom stereocenters. The lowest BCUT2D eigenvalue weighted by atomic mass is 10.1. The highest BCUT2D eigenvalue weighted by Crippen LogP contribution is 2.14. The summed E-state index contributed by atoms with van der Waals surface area (Å²) in [6.45, 7) is 6.75. The lowest BCUT2D eigenvalue weighted by Gasteiger charge is -2.31. The quantitative estimate of drug-likeness (QED) is 0.560. The summed E-state index contributed by atoms with van der Waals surface area (Å²) < 4.78 is 5.96. The molecule has 2 saturated heterocycles. The minimum atomic E-state index is -0.261. The molecule has 1 atom stereocenters. The molecule has 2 heterocycles. The first-order chi connectivity index (χ1) is 14.5. The van der Waals surface area contributed by atoms with Crippen molar-refractivity contribution in [3.63, 3.8) is 0 Å². The number of carbonyl (C=O) groups excluding carboxylic acids is 2. The molecule has 3 rings (SSSR count). The Morgan fingerprint density at radius 1 is 1.20 bits per heavy atom. The third-order valence-electron chi connectivity index (χ3n) is 5.23. The number of aryl methyl sites for hydroxylation is 1. The Morgan fingerprint density at radius 2 is 1.93 bits per heavy atom. The minimum Gasteiger partial charge on any atom is -0.483 e. The third kappa shape index (κ3) is 8.51. The highest BCUT2D eigenvalue weighted by atomic mass is 16.5. The van der Waals surface area contributed by atoms with Crippen molar-refractivity contribution in [3.05, 3.63) is 29.8 Å². The van der Waals surface area contributed by atoms with Crippen molar-refractivity contribution in [1.29, 1.82) is 0 Å². The average molecular weight is 420 g/mol. The van der Waals surface area contributed by atoms with Gasteiger partial charge in [0.15, 0.2) is 0 Å². The molecule has 2 fully saturated rings. The zero-order chi connectivity index (χ0) is 21.8. The van der Waals surface area contributed by atoms with E-state index < -0.39 is 0 Å². The van der Waals surface area contributed by atoms with Crippen LogP contribution in [0.3, 0.4) is 0 Å². The summed E-state index contributed by atoms with van der Waals surface area (Å²) in [6, 6.07) is 7.60. The molecular formula is C22H33N3O5. The van der Waals surface area contributed by atoms with Crippen molar-refractivity contribution in [2.75, 3.05) is 44.6 Å². The van der Waals surface area contributed by atoms with E-state index in [4.69, 9.17) is 14.6 Å². The van der Waals surface area contributed by atoms with Gasteiger partial charge in [-0.1, -0.05) is 18.6 Å². The van der Waals surface area contributed by atoms with E-state index in [1.807, 2.05) is 31.2 Å². The number of nitrogens with one attached hydrogen (secondary N) is 1. The van der Waals surface area contributed by atoms with Crippen molar-refractivity contribution in [3.8, 4) is 0 Å².